The molecule has 0 aliphatic heterocycles. The van der Waals surface area contributed by atoms with Crippen LogP contribution in [-0.2, 0) is 15.6 Å². The predicted molar refractivity (Wildman–Crippen MR) is 81.6 cm³/mol. The molecule has 0 aliphatic rings. The van der Waals surface area contributed by atoms with Gasteiger partial charge in [0, 0.05) is 23.6 Å². The molecule has 0 saturated carbocycles. The van der Waals surface area contributed by atoms with Gasteiger partial charge < -0.3 is 4.74 Å². The van der Waals surface area contributed by atoms with Gasteiger partial charge in [0.1, 0.15) is 15.8 Å². The van der Waals surface area contributed by atoms with E-state index in [2.05, 4.69) is 5.10 Å². The first kappa shape index (κ1) is 16.1. The van der Waals surface area contributed by atoms with Gasteiger partial charge in [-0.05, 0) is 19.1 Å². The molecule has 0 saturated heterocycles. The fraction of sp³-hybridized carbons (Fsp3) is 0.308. The van der Waals surface area contributed by atoms with Crippen LogP contribution in [0.15, 0.2) is 35.2 Å². The lowest BCUT2D eigenvalue weighted by Crippen LogP contribution is -2.06. The number of hydrogen-bond acceptors (Lipinski definition) is 4. The first-order valence-corrected chi connectivity index (χ1v) is 8.93. The highest BCUT2D eigenvalue weighted by Crippen LogP contribution is 2.28. The number of aromatic nitrogens is 2. The van der Waals surface area contributed by atoms with E-state index in [4.69, 9.17) is 27.0 Å². The van der Waals surface area contributed by atoms with E-state index in [1.807, 2.05) is 30.3 Å². The zero-order chi connectivity index (χ0) is 15.5. The Morgan fingerprint density at radius 2 is 1.95 bits per heavy atom. The molecule has 1 aromatic heterocycles. The van der Waals surface area contributed by atoms with Gasteiger partial charge in [0.2, 0.25) is 0 Å². The minimum absolute atomic E-state index is 0.0298. The number of rotatable bonds is 6. The van der Waals surface area contributed by atoms with Crippen molar-refractivity contribution in [3.05, 3.63) is 41.2 Å². The van der Waals surface area contributed by atoms with Crippen LogP contribution in [0.2, 0.25) is 5.15 Å². The van der Waals surface area contributed by atoms with Crippen LogP contribution in [0.5, 0.6) is 5.75 Å². The zero-order valence-electron chi connectivity index (χ0n) is 11.3. The van der Waals surface area contributed by atoms with Crippen molar-refractivity contribution in [3.8, 4) is 5.75 Å². The maximum atomic E-state index is 11.4. The van der Waals surface area contributed by atoms with Crippen LogP contribution in [0.25, 0.3) is 0 Å². The highest BCUT2D eigenvalue weighted by Gasteiger charge is 2.23. The number of benzene rings is 1. The second kappa shape index (κ2) is 6.68. The van der Waals surface area contributed by atoms with Crippen molar-refractivity contribution in [3.63, 3.8) is 0 Å². The number of nitrogens with zero attached hydrogens (tertiary/aromatic N) is 2. The van der Waals surface area contributed by atoms with Crippen LogP contribution in [0, 0.1) is 6.92 Å². The van der Waals surface area contributed by atoms with Gasteiger partial charge in [-0.25, -0.2) is 8.42 Å². The minimum Gasteiger partial charge on any atom is -0.494 e. The molecule has 0 atom stereocenters. The van der Waals surface area contributed by atoms with Gasteiger partial charge in [-0.15, -0.1) is 0 Å². The summed E-state index contributed by atoms with van der Waals surface area (Å²) < 4.78 is 29.8. The summed E-state index contributed by atoms with van der Waals surface area (Å²) in [6, 6.07) is 9.42. The first-order valence-electron chi connectivity index (χ1n) is 6.25. The van der Waals surface area contributed by atoms with Crippen LogP contribution in [-0.4, -0.2) is 24.8 Å². The molecule has 1 heterocycles. The average molecular weight is 349 g/mol. The molecule has 0 amide bonds. The summed E-state index contributed by atoms with van der Waals surface area (Å²) in [5.41, 5.74) is 0.291. The van der Waals surface area contributed by atoms with Crippen LogP contribution in [0.4, 0.5) is 0 Å². The highest BCUT2D eigenvalue weighted by atomic mass is 35.7. The lowest BCUT2D eigenvalue weighted by Gasteiger charge is -2.06. The quantitative estimate of drug-likeness (QED) is 0.593. The first-order chi connectivity index (χ1) is 9.89. The number of aryl methyl sites for hydroxylation is 2. The monoisotopic (exact) mass is 348 g/mol. The lowest BCUT2D eigenvalue weighted by atomic mass is 10.3. The Labute approximate surface area is 132 Å². The molecule has 2 aromatic rings. The summed E-state index contributed by atoms with van der Waals surface area (Å²) in [5, 5.41) is 4.12. The SMILES string of the molecule is Cc1nn(CCCOc2ccccc2)c(Cl)c1S(=O)(=O)Cl. The Balaban J connectivity index is 1.96. The van der Waals surface area contributed by atoms with Crippen molar-refractivity contribution >= 4 is 31.3 Å². The molecular weight excluding hydrogens is 335 g/mol. The molecule has 1 aromatic carbocycles. The largest absolute Gasteiger partial charge is 0.494 e. The smallest absolute Gasteiger partial charge is 0.266 e. The topological polar surface area (TPSA) is 61.2 Å². The molecule has 0 radical (unpaired) electrons. The molecule has 21 heavy (non-hydrogen) atoms. The van der Waals surface area contributed by atoms with E-state index in [0.29, 0.717) is 25.3 Å². The fourth-order valence-corrected chi connectivity index (χ4v) is 3.82. The van der Waals surface area contributed by atoms with Crippen molar-refractivity contribution in [1.29, 1.82) is 0 Å². The van der Waals surface area contributed by atoms with E-state index in [1.165, 1.54) is 4.68 Å². The molecular formula is C13H14Cl2N2O3S. The summed E-state index contributed by atoms with van der Waals surface area (Å²) in [7, 11) is 1.44. The summed E-state index contributed by atoms with van der Waals surface area (Å²) >= 11 is 6.01. The van der Waals surface area contributed by atoms with Crippen molar-refractivity contribution in [1.82, 2.24) is 9.78 Å². The Morgan fingerprint density at radius 1 is 1.29 bits per heavy atom. The molecule has 0 bridgehead atoms. The van der Waals surface area contributed by atoms with Crippen molar-refractivity contribution in [2.45, 2.75) is 24.8 Å². The Morgan fingerprint density at radius 3 is 2.52 bits per heavy atom. The second-order valence-electron chi connectivity index (χ2n) is 4.38. The standard InChI is InChI=1S/C13H14Cl2N2O3S/c1-10-12(21(15,18)19)13(14)17(16-10)8-5-9-20-11-6-3-2-4-7-11/h2-4,6-7H,5,8-9H2,1H3. The number of halogens is 2. The molecule has 5 nitrogen and oxygen atoms in total. The average Bonchev–Trinajstić information content (AvgIpc) is 2.70. The van der Waals surface area contributed by atoms with E-state index in [1.54, 1.807) is 6.92 Å². The van der Waals surface area contributed by atoms with Crippen LogP contribution >= 0.6 is 22.3 Å². The minimum atomic E-state index is -3.89. The third-order valence-corrected chi connectivity index (χ3v) is 4.72. The summed E-state index contributed by atoms with van der Waals surface area (Å²) in [6.07, 6.45) is 0.636. The van der Waals surface area contributed by atoms with Crippen LogP contribution in [0.1, 0.15) is 12.1 Å². The molecule has 8 heteroatoms. The van der Waals surface area contributed by atoms with Crippen molar-refractivity contribution in [2.75, 3.05) is 6.61 Å². The van der Waals surface area contributed by atoms with Gasteiger partial charge in [0.05, 0.1) is 12.3 Å². The summed E-state index contributed by atoms with van der Waals surface area (Å²) in [6.45, 7) is 2.47. The molecule has 0 unspecified atom stereocenters. The number of hydrogen-bond donors (Lipinski definition) is 0. The van der Waals surface area contributed by atoms with E-state index in [0.717, 1.165) is 5.75 Å². The fourth-order valence-electron chi connectivity index (χ4n) is 1.88. The molecule has 0 spiro atoms. The van der Waals surface area contributed by atoms with E-state index < -0.39 is 9.05 Å². The normalized spacial score (nSPS) is 11.6. The molecule has 2 rings (SSSR count). The van der Waals surface area contributed by atoms with Gasteiger partial charge >= 0.3 is 0 Å². The highest BCUT2D eigenvalue weighted by molar-refractivity contribution is 8.13. The van der Waals surface area contributed by atoms with Gasteiger partial charge in [0.15, 0.2) is 0 Å². The third kappa shape index (κ3) is 4.12. The van der Waals surface area contributed by atoms with Gasteiger partial charge in [-0.2, -0.15) is 5.10 Å². The van der Waals surface area contributed by atoms with Crippen molar-refractivity contribution < 1.29 is 13.2 Å². The molecule has 0 aliphatic carbocycles. The van der Waals surface area contributed by atoms with E-state index >= 15 is 0 Å². The second-order valence-corrected chi connectivity index (χ2v) is 7.24. The van der Waals surface area contributed by atoms with Crippen LogP contribution < -0.4 is 4.74 Å². The Hall–Kier alpha value is -1.24. The number of ether oxygens (including phenoxy) is 1. The number of para-hydroxylation sites is 1. The van der Waals surface area contributed by atoms with Gasteiger partial charge in [-0.1, -0.05) is 29.8 Å². The predicted octanol–water partition coefficient (Wildman–Crippen LogP) is 3.24. The summed E-state index contributed by atoms with van der Waals surface area (Å²) in [4.78, 5) is -0.130. The van der Waals surface area contributed by atoms with E-state index in [-0.39, 0.29) is 10.0 Å². The van der Waals surface area contributed by atoms with Gasteiger partial charge in [-0.3, -0.25) is 4.68 Å². The lowest BCUT2D eigenvalue weighted by molar-refractivity contribution is 0.298. The third-order valence-electron chi connectivity index (χ3n) is 2.78. The zero-order valence-corrected chi connectivity index (χ0v) is 13.6. The molecule has 0 fully saturated rings. The Kier molecular flexibility index (Phi) is 5.13. The molecule has 114 valence electrons. The molecule has 0 N–H and O–H groups in total. The maximum Gasteiger partial charge on any atom is 0.266 e. The van der Waals surface area contributed by atoms with Crippen LogP contribution in [0.3, 0.4) is 0 Å². The maximum absolute atomic E-state index is 11.4. The van der Waals surface area contributed by atoms with E-state index in [9.17, 15) is 8.42 Å². The summed E-state index contributed by atoms with van der Waals surface area (Å²) in [5.74, 6) is 0.782. The van der Waals surface area contributed by atoms with Gasteiger partial charge in [0.25, 0.3) is 9.05 Å². The van der Waals surface area contributed by atoms with Crippen molar-refractivity contribution in [2.24, 2.45) is 0 Å². The Bertz CT molecular complexity index is 715.